The van der Waals surface area contributed by atoms with Crippen molar-refractivity contribution in [2.75, 3.05) is 0 Å². The Bertz CT molecular complexity index is 1420. The molecule has 4 aromatic carbocycles. The molecule has 0 bridgehead atoms. The Morgan fingerprint density at radius 3 is 1.38 bits per heavy atom. The number of halogens is 2. The quantitative estimate of drug-likeness (QED) is 0.158. The van der Waals surface area contributed by atoms with E-state index in [-0.39, 0.29) is 24.8 Å². The fraction of sp³-hybridized carbons (Fsp3) is 0.216. The first kappa shape index (κ1) is 30.6. The van der Waals surface area contributed by atoms with Crippen molar-refractivity contribution in [1.82, 2.24) is 0 Å². The Kier molecular flexibility index (Phi) is 10.7. The number of allylic oxidation sites excluding steroid dienone is 2. The van der Waals surface area contributed by atoms with Crippen LogP contribution in [0.2, 0.25) is 0 Å². The standard InChI is InChI=1S/2C15H11.C7H14.2ClH.Hf/c2*1-2-6-12(7-3-1)14-10-4-8-13-9-5-11-15(13)14;1-3-5-7-6-4-2;;;/h2*1-11H;3-6H2,1-2H3;2*1H;. The van der Waals surface area contributed by atoms with Crippen LogP contribution in [0, 0.1) is 0 Å². The fourth-order valence-corrected chi connectivity index (χ4v) is 21.4. The van der Waals surface area contributed by atoms with Gasteiger partial charge in [-0.2, -0.15) is 0 Å². The summed E-state index contributed by atoms with van der Waals surface area (Å²) in [5.74, 6) is 0. The zero-order valence-corrected chi connectivity index (χ0v) is 28.6. The first-order valence-corrected chi connectivity index (χ1v) is 20.2. The van der Waals surface area contributed by atoms with Gasteiger partial charge in [-0.15, -0.1) is 24.8 Å². The average molecular weight is 732 g/mol. The molecule has 2 aliphatic carbocycles. The van der Waals surface area contributed by atoms with Crippen LogP contribution < -0.4 is 0 Å². The largest absolute Gasteiger partial charge is 0.147 e. The molecule has 0 aromatic heterocycles. The molecule has 2 atom stereocenters. The van der Waals surface area contributed by atoms with Gasteiger partial charge in [0.05, 0.1) is 0 Å². The minimum absolute atomic E-state index is 0. The second kappa shape index (κ2) is 14.0. The molecule has 0 radical (unpaired) electrons. The molecule has 6 rings (SSSR count). The summed E-state index contributed by atoms with van der Waals surface area (Å²) in [4.78, 5) is 0. The molecule has 40 heavy (non-hydrogen) atoms. The Morgan fingerprint density at radius 1 is 0.550 bits per heavy atom. The molecule has 0 saturated carbocycles. The van der Waals surface area contributed by atoms with Crippen molar-refractivity contribution in [3.63, 3.8) is 0 Å². The average Bonchev–Trinajstić information content (AvgIpc) is 3.60. The van der Waals surface area contributed by atoms with E-state index in [0.29, 0.717) is 7.35 Å². The summed E-state index contributed by atoms with van der Waals surface area (Å²) >= 11 is -2.47. The smallest absolute Gasteiger partial charge is 0.147 e. The molecule has 0 spiro atoms. The molecular formula is C37H38Cl2Hf. The van der Waals surface area contributed by atoms with E-state index >= 15 is 0 Å². The summed E-state index contributed by atoms with van der Waals surface area (Å²) in [6.45, 7) is 4.74. The molecule has 2 aliphatic rings. The number of hydrogen-bond donors (Lipinski definition) is 0. The van der Waals surface area contributed by atoms with Crippen LogP contribution in [-0.4, -0.2) is 3.26 Å². The van der Waals surface area contributed by atoms with Crippen LogP contribution in [0.4, 0.5) is 0 Å². The van der Waals surface area contributed by atoms with Crippen molar-refractivity contribution in [1.29, 1.82) is 0 Å². The van der Waals surface area contributed by atoms with Crippen LogP contribution in [0.15, 0.2) is 109 Å². The van der Waals surface area contributed by atoms with Gasteiger partial charge in [-0.3, -0.25) is 0 Å². The third kappa shape index (κ3) is 5.85. The van der Waals surface area contributed by atoms with Crippen molar-refractivity contribution < 1.29 is 21.0 Å². The van der Waals surface area contributed by atoms with E-state index in [4.69, 9.17) is 0 Å². The van der Waals surface area contributed by atoms with Gasteiger partial charge in [-0.25, -0.2) is 0 Å². The Hall–Kier alpha value is -2.32. The molecule has 0 fully saturated rings. The Morgan fingerprint density at radius 2 is 0.975 bits per heavy atom. The molecule has 2 unspecified atom stereocenters. The van der Waals surface area contributed by atoms with E-state index < -0.39 is 21.0 Å². The molecule has 0 N–H and O–H groups in total. The molecular weight excluding hydrogens is 694 g/mol. The van der Waals surface area contributed by atoms with Crippen LogP contribution in [-0.2, 0) is 21.0 Å². The van der Waals surface area contributed by atoms with E-state index in [1.807, 2.05) is 3.26 Å². The van der Waals surface area contributed by atoms with E-state index in [1.165, 1.54) is 59.1 Å². The van der Waals surface area contributed by atoms with Crippen LogP contribution in [0.5, 0.6) is 0 Å². The molecule has 0 amide bonds. The van der Waals surface area contributed by atoms with Crippen molar-refractivity contribution in [3.05, 3.63) is 131 Å². The zero-order valence-electron chi connectivity index (χ0n) is 23.3. The minimum Gasteiger partial charge on any atom is -0.147 e. The van der Waals surface area contributed by atoms with Crippen molar-refractivity contribution >= 4 is 40.2 Å². The van der Waals surface area contributed by atoms with Crippen molar-refractivity contribution in [2.24, 2.45) is 0 Å². The maximum atomic E-state index is 2.61. The SMILES string of the molecule is CCC[C](CCC)=[Hf]([CH]1C=Cc2c(-c3ccccc3)cccc21)[CH]1C=Cc2c(-c3ccccc3)cccc21.Cl.Cl. The maximum Gasteiger partial charge on any atom is -0.147 e. The second-order valence-corrected chi connectivity index (χ2v) is 20.9. The number of benzene rings is 4. The van der Waals surface area contributed by atoms with Crippen LogP contribution in [0.25, 0.3) is 34.4 Å². The van der Waals surface area contributed by atoms with Gasteiger partial charge in [-0.1, -0.05) is 0 Å². The van der Waals surface area contributed by atoms with Gasteiger partial charge in [0.1, 0.15) is 0 Å². The van der Waals surface area contributed by atoms with Crippen LogP contribution in [0.3, 0.4) is 0 Å². The summed E-state index contributed by atoms with van der Waals surface area (Å²) in [6, 6.07) is 36.0. The monoisotopic (exact) mass is 732 g/mol. The number of rotatable bonds is 8. The van der Waals surface area contributed by atoms with Gasteiger partial charge in [0.25, 0.3) is 0 Å². The summed E-state index contributed by atoms with van der Waals surface area (Å²) in [7, 11) is 0. The van der Waals surface area contributed by atoms with Gasteiger partial charge in [0.15, 0.2) is 0 Å². The molecule has 0 heterocycles. The molecule has 3 heteroatoms. The molecule has 4 aromatic rings. The van der Waals surface area contributed by atoms with E-state index in [1.54, 1.807) is 11.1 Å². The zero-order chi connectivity index (χ0) is 25.9. The summed E-state index contributed by atoms with van der Waals surface area (Å²) < 4.78 is 3.15. The third-order valence-corrected chi connectivity index (χ3v) is 21.4. The second-order valence-electron chi connectivity index (χ2n) is 10.6. The van der Waals surface area contributed by atoms with Crippen LogP contribution >= 0.6 is 24.8 Å². The molecule has 0 nitrogen and oxygen atoms in total. The fourth-order valence-electron chi connectivity index (χ4n) is 6.60. The predicted octanol–water partition coefficient (Wildman–Crippen LogP) is 11.1. The van der Waals surface area contributed by atoms with E-state index in [2.05, 4.69) is 135 Å². The number of fused-ring (bicyclic) bond motifs is 2. The normalized spacial score (nSPS) is 16.1. The summed E-state index contributed by atoms with van der Waals surface area (Å²) in [5, 5.41) is 0. The first-order valence-electron chi connectivity index (χ1n) is 14.2. The predicted molar refractivity (Wildman–Crippen MR) is 177 cm³/mol. The van der Waals surface area contributed by atoms with Crippen molar-refractivity contribution in [2.45, 2.75) is 46.9 Å². The van der Waals surface area contributed by atoms with E-state index in [0.717, 1.165) is 0 Å². The maximum absolute atomic E-state index is 2.61. The van der Waals surface area contributed by atoms with Gasteiger partial charge in [-0.05, 0) is 0 Å². The van der Waals surface area contributed by atoms with Gasteiger partial charge >= 0.3 is 237 Å². The summed E-state index contributed by atoms with van der Waals surface area (Å²) in [6.07, 6.45) is 15.2. The Balaban J connectivity index is 0.00000185. The first-order chi connectivity index (χ1) is 18.8. The molecule has 0 saturated heterocycles. The van der Waals surface area contributed by atoms with E-state index in [9.17, 15) is 0 Å². The summed E-state index contributed by atoms with van der Waals surface area (Å²) in [5.41, 5.74) is 11.5. The van der Waals surface area contributed by atoms with Gasteiger partial charge in [0, 0.05) is 0 Å². The third-order valence-electron chi connectivity index (χ3n) is 8.21. The van der Waals surface area contributed by atoms with Gasteiger partial charge < -0.3 is 0 Å². The topological polar surface area (TPSA) is 0 Å². The minimum atomic E-state index is -2.47. The van der Waals surface area contributed by atoms with Gasteiger partial charge in [0.2, 0.25) is 0 Å². The van der Waals surface area contributed by atoms with Crippen LogP contribution in [0.1, 0.15) is 69.1 Å². The Labute approximate surface area is 260 Å². The molecule has 0 aliphatic heterocycles. The van der Waals surface area contributed by atoms with Crippen molar-refractivity contribution in [3.8, 4) is 22.3 Å². The number of hydrogen-bond acceptors (Lipinski definition) is 0. The molecule has 204 valence electrons.